The molecule has 41 heavy (non-hydrogen) atoms. The molecule has 12 heteroatoms. The van der Waals surface area contributed by atoms with E-state index in [2.05, 4.69) is 10.5 Å². The smallest absolute Gasteiger partial charge is 0.269 e. The molecule has 1 heterocycles. The number of carbonyl (C=O) groups is 2. The lowest BCUT2D eigenvalue weighted by molar-refractivity contribution is -0.384. The molecule has 214 valence electrons. The summed E-state index contributed by atoms with van der Waals surface area (Å²) in [7, 11) is 2.95. The number of nitrogens with one attached hydrogen (secondary N) is 1. The summed E-state index contributed by atoms with van der Waals surface area (Å²) in [5, 5.41) is 38.2. The third-order valence-electron chi connectivity index (χ3n) is 6.84. The van der Waals surface area contributed by atoms with E-state index in [0.717, 1.165) is 11.1 Å². The molecule has 3 aromatic carbocycles. The molecule has 0 unspecified atom stereocenters. The van der Waals surface area contributed by atoms with Gasteiger partial charge in [-0.05, 0) is 41.5 Å². The van der Waals surface area contributed by atoms with Gasteiger partial charge in [-0.25, -0.2) is 0 Å². The Hall–Kier alpha value is -4.81. The first-order valence-corrected chi connectivity index (χ1v) is 12.7. The van der Waals surface area contributed by atoms with Crippen molar-refractivity contribution < 1.29 is 34.3 Å². The predicted octanol–water partition coefficient (Wildman–Crippen LogP) is 2.70. The zero-order chi connectivity index (χ0) is 29.5. The number of nitrogens with zero attached hydrogens (tertiary/aromatic N) is 3. The Labute approximate surface area is 236 Å². The van der Waals surface area contributed by atoms with Crippen molar-refractivity contribution in [3.63, 3.8) is 0 Å². The molecular formula is C29H30N4O8. The van der Waals surface area contributed by atoms with Crippen LogP contribution in [0.3, 0.4) is 0 Å². The highest BCUT2D eigenvalue weighted by molar-refractivity contribution is 6.05. The van der Waals surface area contributed by atoms with Crippen molar-refractivity contribution in [1.82, 2.24) is 10.2 Å². The lowest BCUT2D eigenvalue weighted by Crippen LogP contribution is -2.51. The van der Waals surface area contributed by atoms with Gasteiger partial charge >= 0.3 is 0 Å². The molecule has 0 bridgehead atoms. The van der Waals surface area contributed by atoms with Crippen molar-refractivity contribution in [1.29, 1.82) is 0 Å². The third kappa shape index (κ3) is 6.51. The molecule has 1 fully saturated rings. The number of nitro groups is 1. The summed E-state index contributed by atoms with van der Waals surface area (Å²) in [6.07, 6.45) is -1.26. The number of methoxy groups -OCH3 is 1. The van der Waals surface area contributed by atoms with Gasteiger partial charge in [-0.3, -0.25) is 19.7 Å². The van der Waals surface area contributed by atoms with Gasteiger partial charge in [0.25, 0.3) is 11.6 Å². The van der Waals surface area contributed by atoms with Crippen LogP contribution in [-0.4, -0.2) is 77.0 Å². The van der Waals surface area contributed by atoms with Gasteiger partial charge in [0, 0.05) is 29.7 Å². The summed E-state index contributed by atoms with van der Waals surface area (Å²) in [5.41, 5.74) is 2.65. The molecule has 3 N–H and O–H groups in total. The van der Waals surface area contributed by atoms with E-state index in [-0.39, 0.29) is 24.2 Å². The van der Waals surface area contributed by atoms with Gasteiger partial charge in [0.05, 0.1) is 36.9 Å². The van der Waals surface area contributed by atoms with Gasteiger partial charge in [0.2, 0.25) is 5.91 Å². The summed E-state index contributed by atoms with van der Waals surface area (Å²) >= 11 is 0. The van der Waals surface area contributed by atoms with Crippen LogP contribution in [0.5, 0.6) is 5.75 Å². The Kier molecular flexibility index (Phi) is 9.27. The van der Waals surface area contributed by atoms with E-state index in [4.69, 9.17) is 9.57 Å². The van der Waals surface area contributed by atoms with Crippen LogP contribution in [0.1, 0.15) is 28.4 Å². The number of carbonyl (C=O) groups excluding carboxylic acids is 2. The minimum atomic E-state index is -1.36. The monoisotopic (exact) mass is 562 g/mol. The first-order chi connectivity index (χ1) is 19.8. The van der Waals surface area contributed by atoms with Gasteiger partial charge < -0.3 is 30.0 Å². The number of oxime groups is 1. The molecule has 0 aromatic heterocycles. The third-order valence-corrected chi connectivity index (χ3v) is 6.84. The number of para-hydroxylation sites is 1. The van der Waals surface area contributed by atoms with Crippen molar-refractivity contribution in [2.75, 3.05) is 27.4 Å². The summed E-state index contributed by atoms with van der Waals surface area (Å²) in [5.74, 6) is -0.322. The lowest BCUT2D eigenvalue weighted by atomic mass is 10.0. The maximum atomic E-state index is 13.6. The number of likely N-dealkylation sites (tertiary alicyclic amines) is 1. The second-order valence-electron chi connectivity index (χ2n) is 9.36. The lowest BCUT2D eigenvalue weighted by Gasteiger charge is -2.28. The van der Waals surface area contributed by atoms with Crippen molar-refractivity contribution in [3.8, 4) is 16.9 Å². The van der Waals surface area contributed by atoms with Crippen molar-refractivity contribution in [2.45, 2.75) is 24.6 Å². The molecule has 1 aliphatic heterocycles. The maximum Gasteiger partial charge on any atom is 0.269 e. The molecule has 12 nitrogen and oxygen atoms in total. The minimum Gasteiger partial charge on any atom is -0.496 e. The van der Waals surface area contributed by atoms with Crippen LogP contribution < -0.4 is 10.1 Å². The average molecular weight is 563 g/mol. The van der Waals surface area contributed by atoms with E-state index in [9.17, 15) is 29.9 Å². The zero-order valence-corrected chi connectivity index (χ0v) is 22.5. The number of aliphatic hydroxyl groups excluding tert-OH is 2. The first kappa shape index (κ1) is 29.2. The standard InChI is InChI=1S/C29H30N4O8/c1-40-26-6-4-3-5-23(26)18-7-9-20(10-8-18)29(37)32-16-21(31-41-2)15-25(32)28(36)30-24(17-34)27(35)19-11-13-22(14-12-19)33(38)39/h3-14,24-25,27,34-35H,15-17H2,1-2H3,(H,30,36)/t24-,25-,27-/m0/s1. The normalized spacial score (nSPS) is 17.1. The fourth-order valence-electron chi connectivity index (χ4n) is 4.72. The number of ether oxygens (including phenoxy) is 1. The SMILES string of the molecule is CON=C1C[C@@H](C(=O)N[C@@H](CO)[C@@H](O)c2ccc([N+](=O)[O-])cc2)N(C(=O)c2ccc(-c3ccccc3OC)cc2)C1. The van der Waals surface area contributed by atoms with Crippen LogP contribution in [-0.2, 0) is 9.63 Å². The molecule has 0 saturated carbocycles. The molecule has 0 spiro atoms. The Morgan fingerprint density at radius 2 is 1.78 bits per heavy atom. The molecule has 4 rings (SSSR count). The van der Waals surface area contributed by atoms with Crippen LogP contribution in [0.4, 0.5) is 5.69 Å². The average Bonchev–Trinajstić information content (AvgIpc) is 3.43. The number of hydrogen-bond acceptors (Lipinski definition) is 9. The van der Waals surface area contributed by atoms with Crippen LogP contribution in [0.2, 0.25) is 0 Å². The molecule has 3 atom stereocenters. The van der Waals surface area contributed by atoms with Crippen LogP contribution in [0.25, 0.3) is 11.1 Å². The maximum absolute atomic E-state index is 13.6. The molecule has 3 aromatic rings. The highest BCUT2D eigenvalue weighted by atomic mass is 16.6. The molecule has 0 aliphatic carbocycles. The van der Waals surface area contributed by atoms with E-state index in [1.165, 1.54) is 36.3 Å². The van der Waals surface area contributed by atoms with Crippen LogP contribution in [0, 0.1) is 10.1 Å². The number of non-ortho nitro benzene ring substituents is 1. The highest BCUT2D eigenvalue weighted by Crippen LogP contribution is 2.30. The Bertz CT molecular complexity index is 1430. The Morgan fingerprint density at radius 1 is 1.10 bits per heavy atom. The second kappa shape index (κ2) is 13.0. The molecule has 0 radical (unpaired) electrons. The van der Waals surface area contributed by atoms with Gasteiger partial charge in [-0.1, -0.05) is 35.5 Å². The Balaban J connectivity index is 1.52. The molecule has 2 amide bonds. The number of rotatable bonds is 10. The summed E-state index contributed by atoms with van der Waals surface area (Å²) in [6, 6.07) is 17.4. The Morgan fingerprint density at radius 3 is 2.39 bits per heavy atom. The van der Waals surface area contributed by atoms with E-state index in [0.29, 0.717) is 17.0 Å². The van der Waals surface area contributed by atoms with Crippen molar-refractivity contribution in [2.24, 2.45) is 5.16 Å². The van der Waals surface area contributed by atoms with Crippen molar-refractivity contribution >= 4 is 23.2 Å². The van der Waals surface area contributed by atoms with E-state index >= 15 is 0 Å². The number of benzene rings is 3. The number of aliphatic hydroxyl groups is 2. The topological polar surface area (TPSA) is 164 Å². The quantitative estimate of drug-likeness (QED) is 0.251. The zero-order valence-electron chi connectivity index (χ0n) is 22.5. The van der Waals surface area contributed by atoms with Gasteiger partial charge in [0.15, 0.2) is 0 Å². The van der Waals surface area contributed by atoms with E-state index in [1.807, 2.05) is 24.3 Å². The van der Waals surface area contributed by atoms with Crippen molar-refractivity contribution in [3.05, 3.63) is 94.0 Å². The van der Waals surface area contributed by atoms with Crippen LogP contribution >= 0.6 is 0 Å². The van der Waals surface area contributed by atoms with Gasteiger partial charge in [-0.15, -0.1) is 0 Å². The molecular weight excluding hydrogens is 532 g/mol. The predicted molar refractivity (Wildman–Crippen MR) is 149 cm³/mol. The fraction of sp³-hybridized carbons (Fsp3) is 0.276. The van der Waals surface area contributed by atoms with Gasteiger partial charge in [-0.2, -0.15) is 0 Å². The fourth-order valence-corrected chi connectivity index (χ4v) is 4.72. The van der Waals surface area contributed by atoms with Crippen LogP contribution in [0.15, 0.2) is 78.0 Å². The number of hydrogen-bond donors (Lipinski definition) is 3. The van der Waals surface area contributed by atoms with E-state index in [1.54, 1.807) is 31.4 Å². The summed E-state index contributed by atoms with van der Waals surface area (Å²) in [6.45, 7) is -0.568. The largest absolute Gasteiger partial charge is 0.496 e. The van der Waals surface area contributed by atoms with Gasteiger partial charge in [0.1, 0.15) is 25.0 Å². The summed E-state index contributed by atoms with van der Waals surface area (Å²) in [4.78, 5) is 43.5. The molecule has 1 aliphatic rings. The molecule has 1 saturated heterocycles. The first-order valence-electron chi connectivity index (χ1n) is 12.7. The van der Waals surface area contributed by atoms with E-state index < -0.39 is 41.5 Å². The highest BCUT2D eigenvalue weighted by Gasteiger charge is 2.39. The summed E-state index contributed by atoms with van der Waals surface area (Å²) < 4.78 is 5.43. The second-order valence-corrected chi connectivity index (χ2v) is 9.36. The number of nitro benzene ring substituents is 1. The number of amides is 2. The minimum absolute atomic E-state index is 0.0493.